The Morgan fingerprint density at radius 1 is 0.905 bits per heavy atom. The van der Waals surface area contributed by atoms with Crippen LogP contribution in [0.2, 0.25) is 0 Å². The van der Waals surface area contributed by atoms with Crippen molar-refractivity contribution in [1.29, 1.82) is 0 Å². The molecule has 3 rings (SSSR count). The zero-order valence-corrected chi connectivity index (χ0v) is 12.4. The molecule has 3 nitrogen and oxygen atoms in total. The molecule has 0 fully saturated rings. The van der Waals surface area contributed by atoms with Crippen molar-refractivity contribution in [3.05, 3.63) is 54.2 Å². The van der Waals surface area contributed by atoms with Gasteiger partial charge in [-0.15, -0.1) is 0 Å². The lowest BCUT2D eigenvalue weighted by atomic mass is 10.1. The third kappa shape index (κ3) is 2.42. The van der Waals surface area contributed by atoms with Gasteiger partial charge in [0, 0.05) is 17.1 Å². The second-order valence-electron chi connectivity index (χ2n) is 4.96. The third-order valence-electron chi connectivity index (χ3n) is 3.59. The molecule has 0 saturated heterocycles. The average Bonchev–Trinajstić information content (AvgIpc) is 2.53. The van der Waals surface area contributed by atoms with Crippen LogP contribution < -0.4 is 9.47 Å². The minimum atomic E-state index is 0.717. The van der Waals surface area contributed by atoms with Gasteiger partial charge in [0.1, 0.15) is 0 Å². The molecule has 0 amide bonds. The van der Waals surface area contributed by atoms with Gasteiger partial charge in [-0.05, 0) is 24.4 Å². The molecule has 0 atom stereocenters. The standard InChI is InChI=1S/C18H17NO2/c1-12-4-6-13(7-5-12)16-10-14-8-9-17(20-2)18(21-3)15(14)11-19-16/h4-11H,1-3H3. The summed E-state index contributed by atoms with van der Waals surface area (Å²) in [6.07, 6.45) is 1.84. The highest BCUT2D eigenvalue weighted by atomic mass is 16.5. The van der Waals surface area contributed by atoms with E-state index in [1.807, 2.05) is 18.3 Å². The van der Waals surface area contributed by atoms with Crippen LogP contribution in [0.25, 0.3) is 22.0 Å². The molecule has 0 spiro atoms. The highest BCUT2D eigenvalue weighted by Gasteiger charge is 2.10. The van der Waals surface area contributed by atoms with E-state index in [4.69, 9.17) is 9.47 Å². The topological polar surface area (TPSA) is 31.4 Å². The lowest BCUT2D eigenvalue weighted by Crippen LogP contribution is -1.93. The summed E-state index contributed by atoms with van der Waals surface area (Å²) >= 11 is 0. The lowest BCUT2D eigenvalue weighted by Gasteiger charge is -2.11. The van der Waals surface area contributed by atoms with Crippen molar-refractivity contribution < 1.29 is 9.47 Å². The van der Waals surface area contributed by atoms with Crippen LogP contribution >= 0.6 is 0 Å². The Morgan fingerprint density at radius 3 is 2.33 bits per heavy atom. The van der Waals surface area contributed by atoms with Crippen molar-refractivity contribution in [1.82, 2.24) is 4.98 Å². The van der Waals surface area contributed by atoms with E-state index in [1.54, 1.807) is 14.2 Å². The van der Waals surface area contributed by atoms with Crippen LogP contribution in [0.1, 0.15) is 5.56 Å². The number of aryl methyl sites for hydroxylation is 1. The van der Waals surface area contributed by atoms with E-state index in [0.717, 1.165) is 33.5 Å². The SMILES string of the molecule is COc1ccc2cc(-c3ccc(C)cc3)ncc2c1OC. The fraction of sp³-hybridized carbons (Fsp3) is 0.167. The normalized spacial score (nSPS) is 10.6. The minimum Gasteiger partial charge on any atom is -0.493 e. The first-order valence-corrected chi connectivity index (χ1v) is 6.80. The average molecular weight is 279 g/mol. The summed E-state index contributed by atoms with van der Waals surface area (Å²) in [6.45, 7) is 2.08. The first-order chi connectivity index (χ1) is 10.2. The van der Waals surface area contributed by atoms with Gasteiger partial charge in [0.05, 0.1) is 19.9 Å². The number of fused-ring (bicyclic) bond motifs is 1. The molecular formula is C18H17NO2. The number of ether oxygens (including phenoxy) is 2. The summed E-state index contributed by atoms with van der Waals surface area (Å²) in [4.78, 5) is 4.56. The number of methoxy groups -OCH3 is 2. The van der Waals surface area contributed by atoms with E-state index in [-0.39, 0.29) is 0 Å². The zero-order chi connectivity index (χ0) is 14.8. The molecule has 0 aliphatic rings. The van der Waals surface area contributed by atoms with Gasteiger partial charge >= 0.3 is 0 Å². The highest BCUT2D eigenvalue weighted by molar-refractivity contribution is 5.92. The molecule has 1 heterocycles. The molecule has 1 aromatic heterocycles. The summed E-state index contributed by atoms with van der Waals surface area (Å²) in [5.41, 5.74) is 3.30. The molecule has 2 aromatic carbocycles. The number of benzene rings is 2. The molecule has 0 unspecified atom stereocenters. The Morgan fingerprint density at radius 2 is 1.67 bits per heavy atom. The Labute approximate surface area is 124 Å². The third-order valence-corrected chi connectivity index (χ3v) is 3.59. The van der Waals surface area contributed by atoms with Crippen molar-refractivity contribution in [3.63, 3.8) is 0 Å². The minimum absolute atomic E-state index is 0.717. The van der Waals surface area contributed by atoms with Crippen LogP contribution in [-0.2, 0) is 0 Å². The number of aromatic nitrogens is 1. The molecule has 0 bridgehead atoms. The Kier molecular flexibility index (Phi) is 3.48. The van der Waals surface area contributed by atoms with Crippen LogP contribution in [0.15, 0.2) is 48.7 Å². The van der Waals surface area contributed by atoms with Gasteiger partial charge in [-0.3, -0.25) is 4.98 Å². The van der Waals surface area contributed by atoms with Gasteiger partial charge in [-0.25, -0.2) is 0 Å². The number of pyridine rings is 1. The van der Waals surface area contributed by atoms with Crippen molar-refractivity contribution in [2.45, 2.75) is 6.92 Å². The predicted molar refractivity (Wildman–Crippen MR) is 85.0 cm³/mol. The maximum Gasteiger partial charge on any atom is 0.170 e. The van der Waals surface area contributed by atoms with E-state index >= 15 is 0 Å². The molecule has 0 saturated carbocycles. The van der Waals surface area contributed by atoms with Crippen molar-refractivity contribution in [2.75, 3.05) is 14.2 Å². The molecule has 3 heteroatoms. The first kappa shape index (κ1) is 13.4. The summed E-state index contributed by atoms with van der Waals surface area (Å²) in [6, 6.07) is 14.4. The quantitative estimate of drug-likeness (QED) is 0.719. The van der Waals surface area contributed by atoms with Gasteiger partial charge in [-0.1, -0.05) is 35.9 Å². The van der Waals surface area contributed by atoms with Crippen molar-refractivity contribution in [2.24, 2.45) is 0 Å². The van der Waals surface area contributed by atoms with Crippen LogP contribution in [0, 0.1) is 6.92 Å². The molecule has 21 heavy (non-hydrogen) atoms. The Balaban J connectivity index is 2.15. The van der Waals surface area contributed by atoms with E-state index < -0.39 is 0 Å². The zero-order valence-electron chi connectivity index (χ0n) is 12.4. The number of hydrogen-bond donors (Lipinski definition) is 0. The molecule has 0 aliphatic heterocycles. The molecule has 0 aliphatic carbocycles. The number of rotatable bonds is 3. The summed E-state index contributed by atoms with van der Waals surface area (Å²) in [5, 5.41) is 2.03. The van der Waals surface area contributed by atoms with Crippen molar-refractivity contribution >= 4 is 10.8 Å². The fourth-order valence-electron chi connectivity index (χ4n) is 2.43. The summed E-state index contributed by atoms with van der Waals surface area (Å²) in [7, 11) is 3.28. The summed E-state index contributed by atoms with van der Waals surface area (Å²) in [5.74, 6) is 1.44. The van der Waals surface area contributed by atoms with E-state index in [2.05, 4.69) is 42.2 Å². The second kappa shape index (κ2) is 5.44. The fourth-order valence-corrected chi connectivity index (χ4v) is 2.43. The van der Waals surface area contributed by atoms with Crippen LogP contribution in [0.4, 0.5) is 0 Å². The number of hydrogen-bond acceptors (Lipinski definition) is 3. The molecule has 0 radical (unpaired) electrons. The first-order valence-electron chi connectivity index (χ1n) is 6.80. The van der Waals surface area contributed by atoms with Crippen LogP contribution in [0.3, 0.4) is 0 Å². The number of nitrogens with zero attached hydrogens (tertiary/aromatic N) is 1. The smallest absolute Gasteiger partial charge is 0.170 e. The van der Waals surface area contributed by atoms with E-state index in [1.165, 1.54) is 5.56 Å². The van der Waals surface area contributed by atoms with Crippen molar-refractivity contribution in [3.8, 4) is 22.8 Å². The van der Waals surface area contributed by atoms with Crippen LogP contribution in [-0.4, -0.2) is 19.2 Å². The summed E-state index contributed by atoms with van der Waals surface area (Å²) < 4.78 is 10.8. The van der Waals surface area contributed by atoms with E-state index in [0.29, 0.717) is 0 Å². The molecule has 106 valence electrons. The molecule has 3 aromatic rings. The highest BCUT2D eigenvalue weighted by Crippen LogP contribution is 2.36. The van der Waals surface area contributed by atoms with Gasteiger partial charge in [0.2, 0.25) is 0 Å². The van der Waals surface area contributed by atoms with Gasteiger partial charge in [0.15, 0.2) is 11.5 Å². The lowest BCUT2D eigenvalue weighted by molar-refractivity contribution is 0.358. The Bertz CT molecular complexity index is 779. The largest absolute Gasteiger partial charge is 0.493 e. The monoisotopic (exact) mass is 279 g/mol. The molecular weight excluding hydrogens is 262 g/mol. The maximum absolute atomic E-state index is 5.45. The Hall–Kier alpha value is -2.55. The van der Waals surface area contributed by atoms with Gasteiger partial charge in [-0.2, -0.15) is 0 Å². The predicted octanol–water partition coefficient (Wildman–Crippen LogP) is 4.23. The second-order valence-corrected chi connectivity index (χ2v) is 4.96. The van der Waals surface area contributed by atoms with E-state index in [9.17, 15) is 0 Å². The maximum atomic E-state index is 5.45. The van der Waals surface area contributed by atoms with Crippen LogP contribution in [0.5, 0.6) is 11.5 Å². The molecule has 0 N–H and O–H groups in total. The van der Waals surface area contributed by atoms with Gasteiger partial charge in [0.25, 0.3) is 0 Å². The van der Waals surface area contributed by atoms with Gasteiger partial charge < -0.3 is 9.47 Å².